The van der Waals surface area contributed by atoms with Gasteiger partial charge in [0.1, 0.15) is 5.60 Å². The predicted molar refractivity (Wildman–Crippen MR) is 85.1 cm³/mol. The zero-order valence-corrected chi connectivity index (χ0v) is 13.5. The van der Waals surface area contributed by atoms with Crippen molar-refractivity contribution in [2.75, 3.05) is 0 Å². The monoisotopic (exact) mass is 289 g/mol. The van der Waals surface area contributed by atoms with Crippen molar-refractivity contribution in [1.29, 1.82) is 0 Å². The highest BCUT2D eigenvalue weighted by Gasteiger charge is 2.29. The number of amides is 1. The number of rotatable bonds is 3. The van der Waals surface area contributed by atoms with E-state index in [0.717, 1.165) is 18.4 Å². The molecule has 1 aliphatic carbocycles. The highest BCUT2D eigenvalue weighted by Crippen LogP contribution is 2.25. The van der Waals surface area contributed by atoms with E-state index in [1.54, 1.807) is 0 Å². The van der Waals surface area contributed by atoms with Crippen LogP contribution >= 0.6 is 0 Å². The molecule has 0 unspecified atom stereocenters. The highest BCUT2D eigenvalue weighted by atomic mass is 16.6. The summed E-state index contributed by atoms with van der Waals surface area (Å²) in [6, 6.07) is 10.5. The number of ether oxygens (including phenoxy) is 1. The van der Waals surface area contributed by atoms with Crippen molar-refractivity contribution in [2.24, 2.45) is 0 Å². The Morgan fingerprint density at radius 2 is 1.76 bits per heavy atom. The van der Waals surface area contributed by atoms with Gasteiger partial charge in [0.15, 0.2) is 0 Å². The van der Waals surface area contributed by atoms with Crippen LogP contribution in [0.5, 0.6) is 0 Å². The van der Waals surface area contributed by atoms with Gasteiger partial charge in [-0.15, -0.1) is 0 Å². The molecule has 0 aliphatic heterocycles. The smallest absolute Gasteiger partial charge is 0.410 e. The summed E-state index contributed by atoms with van der Waals surface area (Å²) >= 11 is 0. The van der Waals surface area contributed by atoms with Crippen LogP contribution in [0.4, 0.5) is 4.79 Å². The Kier molecular flexibility index (Phi) is 5.27. The second kappa shape index (κ2) is 6.97. The first-order valence-corrected chi connectivity index (χ1v) is 7.99. The van der Waals surface area contributed by atoms with E-state index >= 15 is 0 Å². The summed E-state index contributed by atoms with van der Waals surface area (Å²) in [5.74, 6) is 0. The molecule has 1 fully saturated rings. The van der Waals surface area contributed by atoms with Gasteiger partial charge >= 0.3 is 6.09 Å². The minimum atomic E-state index is -0.444. The molecule has 1 aromatic carbocycles. The molecule has 0 N–H and O–H groups in total. The quantitative estimate of drug-likeness (QED) is 0.803. The van der Waals surface area contributed by atoms with Crippen LogP contribution in [0, 0.1) is 0 Å². The normalized spacial score (nSPS) is 16.5. The Bertz CT molecular complexity index is 444. The van der Waals surface area contributed by atoms with Crippen LogP contribution in [0.15, 0.2) is 30.3 Å². The van der Waals surface area contributed by atoms with Crippen LogP contribution < -0.4 is 0 Å². The Morgan fingerprint density at radius 1 is 1.14 bits per heavy atom. The maximum Gasteiger partial charge on any atom is 0.410 e. The minimum Gasteiger partial charge on any atom is -0.444 e. The second-order valence-electron chi connectivity index (χ2n) is 6.89. The van der Waals surface area contributed by atoms with E-state index in [1.807, 2.05) is 43.9 Å². The predicted octanol–water partition coefficient (Wildman–Crippen LogP) is 4.76. The van der Waals surface area contributed by atoms with Crippen LogP contribution in [0.2, 0.25) is 0 Å². The lowest BCUT2D eigenvalue weighted by atomic mass is 9.94. The SMILES string of the molecule is CC(C)(C)OC(=O)N(Cc1ccccc1)C1CCCCC1. The Hall–Kier alpha value is -1.51. The maximum absolute atomic E-state index is 12.6. The molecular formula is C18H27NO2. The molecule has 0 heterocycles. The van der Waals surface area contributed by atoms with E-state index in [1.165, 1.54) is 19.3 Å². The third-order valence-electron chi connectivity index (χ3n) is 3.84. The van der Waals surface area contributed by atoms with Gasteiger partial charge in [-0.25, -0.2) is 4.79 Å². The molecule has 3 nitrogen and oxygen atoms in total. The van der Waals surface area contributed by atoms with Crippen LogP contribution in [0.25, 0.3) is 0 Å². The summed E-state index contributed by atoms with van der Waals surface area (Å²) in [5.41, 5.74) is 0.717. The van der Waals surface area contributed by atoms with E-state index in [4.69, 9.17) is 4.74 Å². The molecule has 0 saturated heterocycles. The number of benzene rings is 1. The molecule has 1 aromatic rings. The fourth-order valence-electron chi connectivity index (χ4n) is 2.84. The highest BCUT2D eigenvalue weighted by molar-refractivity contribution is 5.68. The molecule has 0 aromatic heterocycles. The van der Waals surface area contributed by atoms with Gasteiger partial charge in [0.2, 0.25) is 0 Å². The van der Waals surface area contributed by atoms with Crippen molar-refractivity contribution < 1.29 is 9.53 Å². The van der Waals surface area contributed by atoms with Gasteiger partial charge in [0, 0.05) is 12.6 Å². The number of nitrogens with zero attached hydrogens (tertiary/aromatic N) is 1. The summed E-state index contributed by atoms with van der Waals surface area (Å²) in [7, 11) is 0. The van der Waals surface area contributed by atoms with Gasteiger partial charge in [0.05, 0.1) is 0 Å². The van der Waals surface area contributed by atoms with Gasteiger partial charge in [-0.2, -0.15) is 0 Å². The van der Waals surface area contributed by atoms with Crippen LogP contribution in [-0.2, 0) is 11.3 Å². The molecule has 0 spiro atoms. The molecule has 116 valence electrons. The lowest BCUT2D eigenvalue weighted by Crippen LogP contribution is -2.43. The third kappa shape index (κ3) is 5.07. The molecule has 1 amide bonds. The maximum atomic E-state index is 12.6. The molecule has 0 atom stereocenters. The second-order valence-corrected chi connectivity index (χ2v) is 6.89. The van der Waals surface area contributed by atoms with E-state index in [-0.39, 0.29) is 6.09 Å². The van der Waals surface area contributed by atoms with Crippen molar-refractivity contribution in [3.8, 4) is 0 Å². The molecule has 0 bridgehead atoms. The van der Waals surface area contributed by atoms with Crippen molar-refractivity contribution in [1.82, 2.24) is 4.90 Å². The van der Waals surface area contributed by atoms with Gasteiger partial charge in [-0.05, 0) is 39.2 Å². The molecule has 0 radical (unpaired) electrons. The first-order chi connectivity index (χ1) is 9.96. The molecule has 3 heteroatoms. The van der Waals surface area contributed by atoms with E-state index in [0.29, 0.717) is 12.6 Å². The van der Waals surface area contributed by atoms with Crippen molar-refractivity contribution >= 4 is 6.09 Å². The molecule has 21 heavy (non-hydrogen) atoms. The van der Waals surface area contributed by atoms with E-state index < -0.39 is 5.60 Å². The topological polar surface area (TPSA) is 29.5 Å². The number of carbonyl (C=O) groups is 1. The van der Waals surface area contributed by atoms with E-state index in [9.17, 15) is 4.79 Å². The lowest BCUT2D eigenvalue weighted by molar-refractivity contribution is 0.00989. The Labute approximate surface area is 128 Å². The van der Waals surface area contributed by atoms with Crippen molar-refractivity contribution in [3.05, 3.63) is 35.9 Å². The Morgan fingerprint density at radius 3 is 2.33 bits per heavy atom. The van der Waals surface area contributed by atoms with Gasteiger partial charge in [0.25, 0.3) is 0 Å². The Balaban J connectivity index is 2.11. The molecule has 2 rings (SSSR count). The van der Waals surface area contributed by atoms with Crippen LogP contribution in [0.1, 0.15) is 58.4 Å². The molecule has 1 saturated carbocycles. The van der Waals surface area contributed by atoms with Gasteiger partial charge in [-0.3, -0.25) is 0 Å². The van der Waals surface area contributed by atoms with E-state index in [2.05, 4.69) is 12.1 Å². The number of carbonyl (C=O) groups excluding carboxylic acids is 1. The summed E-state index contributed by atoms with van der Waals surface area (Å²) in [6.45, 7) is 6.41. The largest absolute Gasteiger partial charge is 0.444 e. The summed E-state index contributed by atoms with van der Waals surface area (Å²) < 4.78 is 5.61. The summed E-state index contributed by atoms with van der Waals surface area (Å²) in [5, 5.41) is 0. The van der Waals surface area contributed by atoms with Crippen LogP contribution in [0.3, 0.4) is 0 Å². The van der Waals surface area contributed by atoms with Crippen molar-refractivity contribution in [3.63, 3.8) is 0 Å². The fraction of sp³-hybridized carbons (Fsp3) is 0.611. The number of hydrogen-bond acceptors (Lipinski definition) is 2. The average Bonchev–Trinajstić information content (AvgIpc) is 2.45. The zero-order valence-electron chi connectivity index (χ0n) is 13.5. The van der Waals surface area contributed by atoms with Crippen LogP contribution in [-0.4, -0.2) is 22.6 Å². The zero-order chi connectivity index (χ0) is 15.3. The molecular weight excluding hydrogens is 262 g/mol. The lowest BCUT2D eigenvalue weighted by Gasteiger charge is -2.35. The first kappa shape index (κ1) is 15.9. The average molecular weight is 289 g/mol. The molecule has 1 aliphatic rings. The summed E-state index contributed by atoms with van der Waals surface area (Å²) in [4.78, 5) is 14.5. The third-order valence-corrected chi connectivity index (χ3v) is 3.84. The standard InChI is InChI=1S/C18H27NO2/c1-18(2,3)21-17(20)19(16-12-8-5-9-13-16)14-15-10-6-4-7-11-15/h4,6-7,10-11,16H,5,8-9,12-14H2,1-3H3. The summed E-state index contributed by atoms with van der Waals surface area (Å²) in [6.07, 6.45) is 5.69. The van der Waals surface area contributed by atoms with Crippen molar-refractivity contribution in [2.45, 2.75) is 71.1 Å². The fourth-order valence-corrected chi connectivity index (χ4v) is 2.84. The van der Waals surface area contributed by atoms with Gasteiger partial charge < -0.3 is 9.64 Å². The number of hydrogen-bond donors (Lipinski definition) is 0. The first-order valence-electron chi connectivity index (χ1n) is 7.99. The minimum absolute atomic E-state index is 0.182. The van der Waals surface area contributed by atoms with Gasteiger partial charge in [-0.1, -0.05) is 49.6 Å².